The van der Waals surface area contributed by atoms with Crippen LogP contribution in [-0.4, -0.2) is 51.2 Å². The molecule has 1 aliphatic carbocycles. The molecule has 0 bridgehead atoms. The number of halogens is 3. The molecule has 0 radical (unpaired) electrons. The van der Waals surface area contributed by atoms with Gasteiger partial charge in [0, 0.05) is 13.1 Å². The lowest BCUT2D eigenvalue weighted by Gasteiger charge is -2.28. The van der Waals surface area contributed by atoms with Crippen molar-refractivity contribution in [3.8, 4) is 0 Å². The third-order valence-electron chi connectivity index (χ3n) is 6.47. The number of nitrogens with zero attached hydrogens (tertiary/aromatic N) is 1. The zero-order chi connectivity index (χ0) is 23.6. The van der Waals surface area contributed by atoms with Gasteiger partial charge in [-0.3, -0.25) is 0 Å². The minimum absolute atomic E-state index is 0.139. The summed E-state index contributed by atoms with van der Waals surface area (Å²) in [6, 6.07) is 3.61. The number of hydrogen-bond acceptors (Lipinski definition) is 4. The molecule has 184 valence electrons. The van der Waals surface area contributed by atoms with Crippen LogP contribution in [-0.2, 0) is 16.2 Å². The van der Waals surface area contributed by atoms with Crippen LogP contribution in [0.2, 0.25) is 0 Å². The molecule has 1 fully saturated rings. The van der Waals surface area contributed by atoms with E-state index < -0.39 is 21.8 Å². The first-order valence-corrected chi connectivity index (χ1v) is 13.1. The predicted octanol–water partition coefficient (Wildman–Crippen LogP) is 4.66. The second-order valence-electron chi connectivity index (χ2n) is 8.77. The number of aliphatic hydroxyl groups is 1. The van der Waals surface area contributed by atoms with E-state index >= 15 is 0 Å². The normalized spacial score (nSPS) is 20.1. The first kappa shape index (κ1) is 27.1. The maximum atomic E-state index is 12.7. The van der Waals surface area contributed by atoms with Crippen LogP contribution in [0.4, 0.5) is 13.2 Å². The molecule has 2 rings (SSSR count). The summed E-state index contributed by atoms with van der Waals surface area (Å²) in [5.74, 6) is 0.963. The van der Waals surface area contributed by atoms with E-state index in [0.29, 0.717) is 12.5 Å². The summed E-state index contributed by atoms with van der Waals surface area (Å²) in [5.41, 5.74) is -0.859. The summed E-state index contributed by atoms with van der Waals surface area (Å²) in [4.78, 5) is 2.12. The van der Waals surface area contributed by atoms with Crippen molar-refractivity contribution in [2.45, 2.75) is 69.4 Å². The van der Waals surface area contributed by atoms with Crippen LogP contribution in [0.5, 0.6) is 0 Å². The van der Waals surface area contributed by atoms with Gasteiger partial charge in [0.15, 0.2) is 0 Å². The number of likely N-dealkylation sites (N-methyl/N-ethyl adjacent to an activating group) is 1. The number of nitrogens with one attached hydrogen (secondary N) is 1. The highest BCUT2D eigenvalue weighted by Crippen LogP contribution is 2.32. The fraction of sp³-hybridized carbons (Fsp3) is 0.739. The molecule has 2 N–H and O–H groups in total. The van der Waals surface area contributed by atoms with Gasteiger partial charge in [0.1, 0.15) is 0 Å². The van der Waals surface area contributed by atoms with Crippen LogP contribution >= 0.6 is 0 Å². The fourth-order valence-corrected chi connectivity index (χ4v) is 5.49. The number of hydrogen-bond donors (Lipinski definition) is 2. The highest BCUT2D eigenvalue weighted by molar-refractivity contribution is 7.89. The average molecular weight is 479 g/mol. The Morgan fingerprint density at radius 2 is 1.62 bits per heavy atom. The smallest absolute Gasteiger partial charge is 0.395 e. The molecule has 0 heterocycles. The van der Waals surface area contributed by atoms with Crippen molar-refractivity contribution in [2.75, 3.05) is 32.8 Å². The summed E-state index contributed by atoms with van der Waals surface area (Å²) in [6.45, 7) is 5.38. The molecule has 0 atom stereocenters. The van der Waals surface area contributed by atoms with Crippen LogP contribution in [0, 0.1) is 11.8 Å². The molecule has 0 aromatic heterocycles. The Bertz CT molecular complexity index is 762. The molecule has 0 spiro atoms. The summed E-state index contributed by atoms with van der Waals surface area (Å²) < 4.78 is 65.3. The molecule has 9 heteroatoms. The highest BCUT2D eigenvalue weighted by atomic mass is 32.2. The number of sulfonamides is 1. The third kappa shape index (κ3) is 9.00. The van der Waals surface area contributed by atoms with Gasteiger partial charge in [0.25, 0.3) is 0 Å². The van der Waals surface area contributed by atoms with E-state index in [4.69, 9.17) is 5.11 Å². The van der Waals surface area contributed by atoms with Crippen molar-refractivity contribution in [1.29, 1.82) is 0 Å². The second-order valence-corrected chi connectivity index (χ2v) is 10.5. The molecule has 0 aliphatic heterocycles. The molecule has 1 aliphatic rings. The summed E-state index contributed by atoms with van der Waals surface area (Å²) in [7, 11) is -3.81. The van der Waals surface area contributed by atoms with Crippen LogP contribution < -0.4 is 4.72 Å². The van der Waals surface area contributed by atoms with Crippen LogP contribution in [0.3, 0.4) is 0 Å². The molecule has 0 saturated heterocycles. The highest BCUT2D eigenvalue weighted by Gasteiger charge is 2.31. The Labute approximate surface area is 190 Å². The van der Waals surface area contributed by atoms with Gasteiger partial charge in [-0.25, -0.2) is 13.1 Å². The molecular weight excluding hydrogens is 441 g/mol. The van der Waals surface area contributed by atoms with Gasteiger partial charge >= 0.3 is 6.18 Å². The van der Waals surface area contributed by atoms with Crippen molar-refractivity contribution in [1.82, 2.24) is 9.62 Å². The van der Waals surface area contributed by atoms with Crippen molar-refractivity contribution >= 4 is 10.0 Å². The van der Waals surface area contributed by atoms with Crippen LogP contribution in [0.15, 0.2) is 29.2 Å². The van der Waals surface area contributed by atoms with Gasteiger partial charge in [-0.05, 0) is 68.5 Å². The Morgan fingerprint density at radius 1 is 1.00 bits per heavy atom. The molecule has 32 heavy (non-hydrogen) atoms. The van der Waals surface area contributed by atoms with E-state index in [1.807, 2.05) is 0 Å². The maximum absolute atomic E-state index is 12.7. The monoisotopic (exact) mass is 478 g/mol. The second kappa shape index (κ2) is 12.9. The van der Waals surface area contributed by atoms with Gasteiger partial charge < -0.3 is 10.0 Å². The summed E-state index contributed by atoms with van der Waals surface area (Å²) in [5, 5.41) is 9.02. The minimum atomic E-state index is -4.48. The quantitative estimate of drug-likeness (QED) is 0.405. The third-order valence-corrected chi connectivity index (χ3v) is 7.91. The number of unbranched alkanes of at least 4 members (excludes halogenated alkanes) is 2. The zero-order valence-corrected chi connectivity index (χ0v) is 19.7. The van der Waals surface area contributed by atoms with E-state index in [0.717, 1.165) is 76.0 Å². The van der Waals surface area contributed by atoms with Gasteiger partial charge in [-0.1, -0.05) is 39.0 Å². The van der Waals surface area contributed by atoms with Gasteiger partial charge in [-0.2, -0.15) is 13.2 Å². The Kier molecular flexibility index (Phi) is 10.9. The Morgan fingerprint density at radius 3 is 2.19 bits per heavy atom. The molecule has 1 aromatic rings. The standard InChI is InChI=1S/C23H37F3N2O3S/c1-2-28(16-17-29)15-5-3-4-6-19-7-9-20(10-8-19)18-27-32(30,31)22-13-11-21(12-14-22)23(24,25)26/h11-14,19-20,27,29H,2-10,15-18H2,1H3. The Balaban J connectivity index is 1.65. The Hall–Kier alpha value is -1.16. The predicted molar refractivity (Wildman–Crippen MR) is 120 cm³/mol. The lowest BCUT2D eigenvalue weighted by molar-refractivity contribution is -0.137. The number of alkyl halides is 3. The van der Waals surface area contributed by atoms with Gasteiger partial charge in [0.2, 0.25) is 10.0 Å². The SMILES string of the molecule is CCN(CCO)CCCCCC1CCC(CNS(=O)(=O)c2ccc(C(F)(F)F)cc2)CC1. The molecular formula is C23H37F3N2O3S. The number of benzene rings is 1. The van der Waals surface area contributed by atoms with Gasteiger partial charge in [0.05, 0.1) is 17.1 Å². The summed E-state index contributed by atoms with van der Waals surface area (Å²) >= 11 is 0. The van der Waals surface area contributed by atoms with Crippen molar-refractivity contribution in [3.05, 3.63) is 29.8 Å². The minimum Gasteiger partial charge on any atom is -0.395 e. The van der Waals surface area contributed by atoms with Crippen molar-refractivity contribution in [2.24, 2.45) is 11.8 Å². The van der Waals surface area contributed by atoms with Crippen molar-refractivity contribution in [3.63, 3.8) is 0 Å². The van der Waals surface area contributed by atoms with E-state index in [1.54, 1.807) is 0 Å². The molecule has 0 amide bonds. The first-order chi connectivity index (χ1) is 15.2. The lowest BCUT2D eigenvalue weighted by atomic mass is 9.80. The molecule has 0 unspecified atom stereocenters. The van der Waals surface area contributed by atoms with E-state index in [1.165, 1.54) is 19.3 Å². The first-order valence-electron chi connectivity index (χ1n) is 11.7. The van der Waals surface area contributed by atoms with Crippen LogP contribution in [0.1, 0.15) is 63.9 Å². The van der Waals surface area contributed by atoms with E-state index in [9.17, 15) is 21.6 Å². The lowest BCUT2D eigenvalue weighted by Crippen LogP contribution is -2.31. The topological polar surface area (TPSA) is 69.6 Å². The zero-order valence-electron chi connectivity index (χ0n) is 18.9. The number of aliphatic hydroxyl groups excluding tert-OH is 1. The van der Waals surface area contributed by atoms with Crippen LogP contribution in [0.25, 0.3) is 0 Å². The molecule has 1 saturated carbocycles. The molecule has 5 nitrogen and oxygen atoms in total. The fourth-order valence-electron chi connectivity index (χ4n) is 4.37. The number of rotatable bonds is 13. The maximum Gasteiger partial charge on any atom is 0.416 e. The largest absolute Gasteiger partial charge is 0.416 e. The van der Waals surface area contributed by atoms with Gasteiger partial charge in [-0.15, -0.1) is 0 Å². The summed E-state index contributed by atoms with van der Waals surface area (Å²) in [6.07, 6.45) is 4.40. The average Bonchev–Trinajstić information content (AvgIpc) is 2.77. The van der Waals surface area contributed by atoms with Crippen molar-refractivity contribution < 1.29 is 26.7 Å². The molecule has 1 aromatic carbocycles. The van der Waals surface area contributed by atoms with E-state index in [-0.39, 0.29) is 17.4 Å². The van der Waals surface area contributed by atoms with E-state index in [2.05, 4.69) is 16.5 Å².